The number of carbonyl (C=O) groups excluding carboxylic acids is 5. The van der Waals surface area contributed by atoms with E-state index in [1.807, 2.05) is 201 Å². The molecule has 123 heavy (non-hydrogen) atoms. The third-order valence-electron chi connectivity index (χ3n) is 20.3. The Morgan fingerprint density at radius 3 is 0.829 bits per heavy atom. The van der Waals surface area contributed by atoms with Gasteiger partial charge in [-0.2, -0.15) is 0 Å². The number of thioether (sulfide) groups is 1. The van der Waals surface area contributed by atoms with Gasteiger partial charge in [-0.3, -0.25) is 24.0 Å². The number of unbranched alkanes of at least 4 members (excludes halogenated alkanes) is 5. The fourth-order valence-corrected chi connectivity index (χ4v) is 14.4. The maximum atomic E-state index is 12.1. The third-order valence-corrected chi connectivity index (χ3v) is 21.6. The molecule has 0 aliphatic rings. The predicted octanol–water partition coefficient (Wildman–Crippen LogP) is 16.4. The van der Waals surface area contributed by atoms with Crippen LogP contribution in [-0.4, -0.2) is 133 Å². The second kappa shape index (κ2) is 41.2. The number of hydrogen-bond donors (Lipinski definition) is 6. The maximum Gasteiger partial charge on any atom is 0.269 e. The first kappa shape index (κ1) is 90.3. The minimum absolute atomic E-state index is 0.159. The fraction of sp³-hybridized carbons (Fsp3) is 0.319. The van der Waals surface area contributed by atoms with Crippen LogP contribution in [0.25, 0.3) is 113 Å². The average molecular weight is 1690 g/mol. The van der Waals surface area contributed by atoms with Crippen LogP contribution in [0, 0.1) is 60.2 Å². The molecule has 0 aliphatic carbocycles. The molecule has 10 aromatic heterocycles. The molecule has 0 spiro atoms. The fourth-order valence-electron chi connectivity index (χ4n) is 13.4. The molecule has 0 bridgehead atoms. The first-order valence-electron chi connectivity index (χ1n) is 41.2. The highest BCUT2D eigenvalue weighted by Gasteiger charge is 2.26. The summed E-state index contributed by atoms with van der Waals surface area (Å²) in [6.45, 7) is 34.2. The molecule has 15 aromatic rings. The van der Waals surface area contributed by atoms with Crippen molar-refractivity contribution in [3.05, 3.63) is 213 Å². The lowest BCUT2D eigenvalue weighted by Gasteiger charge is -2.08. The number of fused-ring (bicyclic) bond motifs is 5. The van der Waals surface area contributed by atoms with E-state index in [1.165, 1.54) is 0 Å². The van der Waals surface area contributed by atoms with E-state index in [-0.39, 0.29) is 28.5 Å². The maximum absolute atomic E-state index is 12.1. The molecule has 5 aromatic carbocycles. The molecule has 0 saturated carbocycles. The van der Waals surface area contributed by atoms with Gasteiger partial charge in [0.1, 0.15) is 45.1 Å². The number of nitrogens with one attached hydrogen (secondary N) is 1. The predicted molar refractivity (Wildman–Crippen MR) is 487 cm³/mol. The van der Waals surface area contributed by atoms with Crippen LogP contribution in [-0.2, 0) is 32.7 Å². The van der Waals surface area contributed by atoms with Crippen LogP contribution in [0.15, 0.2) is 139 Å². The summed E-state index contributed by atoms with van der Waals surface area (Å²) in [7, 11) is 0. The summed E-state index contributed by atoms with van der Waals surface area (Å²) in [5.74, 6) is 2.64. The first-order valence-corrected chi connectivity index (χ1v) is 42.6. The summed E-state index contributed by atoms with van der Waals surface area (Å²) >= 11 is 6.94. The highest BCUT2D eigenvalue weighted by Crippen LogP contribution is 2.32. The molecule has 0 unspecified atom stereocenters. The van der Waals surface area contributed by atoms with Crippen molar-refractivity contribution in [2.45, 2.75) is 192 Å². The van der Waals surface area contributed by atoms with Crippen molar-refractivity contribution < 1.29 is 24.0 Å². The van der Waals surface area contributed by atoms with Crippen molar-refractivity contribution in [3.63, 3.8) is 0 Å². The number of amides is 5. The topological polar surface area (TPSA) is 436 Å². The van der Waals surface area contributed by atoms with Crippen molar-refractivity contribution in [2.75, 3.05) is 5.75 Å². The van der Waals surface area contributed by atoms with E-state index in [0.717, 1.165) is 181 Å². The zero-order valence-electron chi connectivity index (χ0n) is 71.9. The molecule has 10 heterocycles. The van der Waals surface area contributed by atoms with Crippen LogP contribution >= 0.6 is 24.0 Å². The van der Waals surface area contributed by atoms with Gasteiger partial charge in [0.15, 0.2) is 95.8 Å². The molecule has 15 rings (SSSR count). The number of primary amides is 5. The molecule has 636 valence electrons. The smallest absolute Gasteiger partial charge is 0.269 e. The highest BCUT2D eigenvalue weighted by molar-refractivity contribution is 7.99. The van der Waals surface area contributed by atoms with Gasteiger partial charge in [0.25, 0.3) is 29.5 Å². The SMILES string of the molecule is C=CCSc1nc2c(C(N)=O)nc(-c3ccc(C)cc3)nc2n1CCCC.CCCCn1c(=S)[nH]c2c(C(N)=O)nc(-c3ccc(C)cc3)nc21.CCCCn1c(C)nc2c(C(N)=O)nc(-c3ccc(C)cc3)nc21.CCCCn1c(C)nc2c(C(N)=O)nc(-c3ccc(C)cc3)nc21.CCCCn1c(C)nc2c(C(N)=O)nc(-c3ccc(C)cc3)nc21. The number of hydrogen-bond acceptors (Lipinski definition) is 21. The lowest BCUT2D eigenvalue weighted by Crippen LogP contribution is -2.15. The Labute approximate surface area is 722 Å². The average Bonchev–Trinajstić information content (AvgIpc) is 2.18. The lowest BCUT2D eigenvalue weighted by molar-refractivity contribution is 0.0988. The van der Waals surface area contributed by atoms with Gasteiger partial charge in [-0.15, -0.1) is 6.58 Å². The minimum atomic E-state index is -0.602. The van der Waals surface area contributed by atoms with Gasteiger partial charge in [-0.05, 0) is 99.7 Å². The van der Waals surface area contributed by atoms with Crippen LogP contribution < -0.4 is 28.7 Å². The zero-order valence-corrected chi connectivity index (χ0v) is 73.5. The number of nitrogens with zero attached hydrogens (tertiary/aromatic N) is 19. The number of aromatic amines is 1. The van der Waals surface area contributed by atoms with Crippen LogP contribution in [0.2, 0.25) is 0 Å². The van der Waals surface area contributed by atoms with Crippen molar-refractivity contribution >= 4 is 109 Å². The van der Waals surface area contributed by atoms with Crippen LogP contribution in [0.1, 0.15) is 197 Å². The van der Waals surface area contributed by atoms with Gasteiger partial charge in [0.2, 0.25) is 0 Å². The molecule has 5 amide bonds. The van der Waals surface area contributed by atoms with E-state index in [2.05, 4.69) is 116 Å². The largest absolute Gasteiger partial charge is 0.364 e. The number of benzene rings is 5. The Bertz CT molecular complexity index is 6060. The monoisotopic (exact) mass is 1690 g/mol. The van der Waals surface area contributed by atoms with Gasteiger partial charge in [-0.25, -0.2) is 69.8 Å². The van der Waals surface area contributed by atoms with Gasteiger partial charge in [0, 0.05) is 66.3 Å². The minimum Gasteiger partial charge on any atom is -0.364 e. The standard InChI is InChI=1S/C20H23N5OS.3C18H21N5O.C17H19N5OS/c1-4-6-11-25-19-16(23-20(25)27-12-5-2)15(17(21)26)22-18(24-19)14-9-7-13(3)8-10-14;3*1-4-5-10-23-12(3)20-15-14(16(19)24)21-17(22-18(15)23)13-8-6-11(2)7-9-13;1-3-4-9-22-16-13(20-17(22)24)12(14(18)23)19-15(21-16)11-7-5-10(2)6-8-11/h5,7-10H,2,4,6,11-12H2,1,3H3,(H2,21,26);3*6-9H,4-5,10H2,1-3H3,(H2,19,24);5-8H,3-4,9H2,1-2H3,(H2,18,23)(H,20,24). The van der Waals surface area contributed by atoms with Gasteiger partial charge in [-0.1, -0.05) is 234 Å². The van der Waals surface area contributed by atoms with Crippen LogP contribution in [0.3, 0.4) is 0 Å². The van der Waals surface area contributed by atoms with Crippen molar-refractivity contribution in [1.82, 2.24) is 97.6 Å². The summed E-state index contributed by atoms with van der Waals surface area (Å²) < 4.78 is 10.6. The Kier molecular flexibility index (Phi) is 30.2. The summed E-state index contributed by atoms with van der Waals surface area (Å²) in [5.41, 5.74) is 44.2. The number of nitrogens with two attached hydrogens (primary N) is 5. The van der Waals surface area contributed by atoms with Crippen LogP contribution in [0.4, 0.5) is 0 Å². The zero-order chi connectivity index (χ0) is 88.5. The Hall–Kier alpha value is -13.5. The number of rotatable bonds is 28. The number of H-pyrrole nitrogens is 1. The molecule has 32 heteroatoms. The molecule has 0 saturated heterocycles. The molecular formula is C91H105N25O5S2. The number of carbonyl (C=O) groups is 5. The van der Waals surface area contributed by atoms with E-state index >= 15 is 0 Å². The molecule has 0 atom stereocenters. The Balaban J connectivity index is 0.000000150. The van der Waals surface area contributed by atoms with Gasteiger partial charge in [0.05, 0.1) is 0 Å². The van der Waals surface area contributed by atoms with E-state index in [9.17, 15) is 24.0 Å². The van der Waals surface area contributed by atoms with Crippen LogP contribution in [0.5, 0.6) is 0 Å². The van der Waals surface area contributed by atoms with Gasteiger partial charge < -0.3 is 56.5 Å². The normalized spacial score (nSPS) is 11.1. The molecule has 0 aliphatic heterocycles. The Morgan fingerprint density at radius 2 is 0.569 bits per heavy atom. The summed E-state index contributed by atoms with van der Waals surface area (Å²) in [6.07, 6.45) is 12.1. The lowest BCUT2D eigenvalue weighted by atomic mass is 10.1. The quantitative estimate of drug-likeness (QED) is 0.0151. The third kappa shape index (κ3) is 21.3. The molecule has 0 radical (unpaired) electrons. The number of imidazole rings is 5. The van der Waals surface area contributed by atoms with E-state index in [0.29, 0.717) is 89.7 Å². The molecular weight excluding hydrogens is 1590 g/mol. The summed E-state index contributed by atoms with van der Waals surface area (Å²) in [4.78, 5) is 126. The molecule has 30 nitrogen and oxygen atoms in total. The summed E-state index contributed by atoms with van der Waals surface area (Å²) in [6, 6.07) is 39.3. The highest BCUT2D eigenvalue weighted by atomic mass is 32.2. The second-order valence-corrected chi connectivity index (χ2v) is 31.3. The number of aryl methyl sites for hydroxylation is 13. The Morgan fingerprint density at radius 1 is 0.333 bits per heavy atom. The second-order valence-electron chi connectivity index (χ2n) is 29.9. The van der Waals surface area contributed by atoms with E-state index in [4.69, 9.17) is 45.9 Å². The number of aromatic nitrogens is 20. The molecule has 0 fully saturated rings. The van der Waals surface area contributed by atoms with E-state index in [1.54, 1.807) is 11.8 Å². The van der Waals surface area contributed by atoms with E-state index < -0.39 is 29.5 Å². The van der Waals surface area contributed by atoms with Gasteiger partial charge >= 0.3 is 0 Å². The van der Waals surface area contributed by atoms with Crippen molar-refractivity contribution in [2.24, 2.45) is 28.7 Å². The molecule has 11 N–H and O–H groups in total. The van der Waals surface area contributed by atoms with Crippen molar-refractivity contribution in [3.8, 4) is 56.9 Å². The summed E-state index contributed by atoms with van der Waals surface area (Å²) in [5, 5.41) is 0.802. The first-order chi connectivity index (χ1) is 59.1. The van der Waals surface area contributed by atoms with Crippen molar-refractivity contribution in [1.29, 1.82) is 0 Å².